The summed E-state index contributed by atoms with van der Waals surface area (Å²) in [5.41, 5.74) is 1.06. The highest BCUT2D eigenvalue weighted by Crippen LogP contribution is 2.21. The molecule has 7 heteroatoms. The highest BCUT2D eigenvalue weighted by Gasteiger charge is 2.26. The van der Waals surface area contributed by atoms with Gasteiger partial charge in [-0.2, -0.15) is 0 Å². The van der Waals surface area contributed by atoms with Crippen molar-refractivity contribution in [1.82, 2.24) is 9.88 Å². The minimum atomic E-state index is -1.19. The third kappa shape index (κ3) is 6.02. The summed E-state index contributed by atoms with van der Waals surface area (Å²) in [7, 11) is 0. The average Bonchev–Trinajstić information content (AvgIpc) is 3.18. The van der Waals surface area contributed by atoms with Crippen LogP contribution >= 0.6 is 0 Å². The number of amides is 1. The van der Waals surface area contributed by atoms with Crippen LogP contribution in [0.25, 0.3) is 0 Å². The minimum Gasteiger partial charge on any atom is -0.474 e. The van der Waals surface area contributed by atoms with Gasteiger partial charge in [-0.05, 0) is 24.8 Å². The first-order valence-corrected chi connectivity index (χ1v) is 9.90. The molecule has 1 amide bonds. The molecule has 0 saturated carbocycles. The number of aliphatic hydroxyl groups is 1. The van der Waals surface area contributed by atoms with Crippen molar-refractivity contribution in [1.29, 1.82) is 0 Å². The lowest BCUT2D eigenvalue weighted by atomic mass is 9.99. The SMILES string of the molecule is O=C(O)c1ncc(CCCN2C(=O)CCC[C@@H]2/C=C/[C@@H](O)Cc2ccccc2)o1. The summed E-state index contributed by atoms with van der Waals surface area (Å²) < 4.78 is 5.16. The normalized spacial score (nSPS) is 18.3. The number of carboxylic acid groups (broad SMARTS) is 1. The third-order valence-corrected chi connectivity index (χ3v) is 5.01. The molecule has 0 unspecified atom stereocenters. The zero-order valence-corrected chi connectivity index (χ0v) is 16.2. The molecule has 2 heterocycles. The summed E-state index contributed by atoms with van der Waals surface area (Å²) in [5.74, 6) is -0.909. The topological polar surface area (TPSA) is 104 Å². The molecule has 0 bridgehead atoms. The first-order valence-electron chi connectivity index (χ1n) is 9.90. The van der Waals surface area contributed by atoms with Crippen molar-refractivity contribution in [3.05, 3.63) is 65.9 Å². The van der Waals surface area contributed by atoms with Crippen LogP contribution in [0.2, 0.25) is 0 Å². The van der Waals surface area contributed by atoms with Crippen molar-refractivity contribution < 1.29 is 24.2 Å². The van der Waals surface area contributed by atoms with E-state index in [-0.39, 0.29) is 17.8 Å². The molecule has 0 aliphatic carbocycles. The maximum Gasteiger partial charge on any atom is 0.392 e. The van der Waals surface area contributed by atoms with Gasteiger partial charge in [0.15, 0.2) is 0 Å². The van der Waals surface area contributed by atoms with Crippen LogP contribution in [0.4, 0.5) is 0 Å². The van der Waals surface area contributed by atoms with Gasteiger partial charge in [-0.25, -0.2) is 9.78 Å². The highest BCUT2D eigenvalue weighted by molar-refractivity contribution is 5.82. The number of nitrogens with zero attached hydrogens (tertiary/aromatic N) is 2. The van der Waals surface area contributed by atoms with Crippen molar-refractivity contribution in [2.45, 2.75) is 50.7 Å². The highest BCUT2D eigenvalue weighted by atomic mass is 16.4. The molecule has 2 atom stereocenters. The smallest absolute Gasteiger partial charge is 0.392 e. The molecule has 29 heavy (non-hydrogen) atoms. The second-order valence-electron chi connectivity index (χ2n) is 7.23. The van der Waals surface area contributed by atoms with Gasteiger partial charge in [0.25, 0.3) is 0 Å². The number of piperidine rings is 1. The number of aliphatic hydroxyl groups excluding tert-OH is 1. The fourth-order valence-corrected chi connectivity index (χ4v) is 3.56. The number of carboxylic acids is 1. The van der Waals surface area contributed by atoms with E-state index >= 15 is 0 Å². The van der Waals surface area contributed by atoms with E-state index in [1.54, 1.807) is 6.08 Å². The lowest BCUT2D eigenvalue weighted by Crippen LogP contribution is -2.43. The first kappa shape index (κ1) is 20.8. The van der Waals surface area contributed by atoms with Gasteiger partial charge in [0.05, 0.1) is 18.3 Å². The van der Waals surface area contributed by atoms with Crippen LogP contribution < -0.4 is 0 Å². The monoisotopic (exact) mass is 398 g/mol. The summed E-state index contributed by atoms with van der Waals surface area (Å²) in [5, 5.41) is 19.2. The van der Waals surface area contributed by atoms with E-state index in [4.69, 9.17) is 9.52 Å². The number of rotatable bonds is 9. The fourth-order valence-electron chi connectivity index (χ4n) is 3.56. The van der Waals surface area contributed by atoms with E-state index in [9.17, 15) is 14.7 Å². The second-order valence-corrected chi connectivity index (χ2v) is 7.23. The van der Waals surface area contributed by atoms with Crippen molar-refractivity contribution in [2.75, 3.05) is 6.54 Å². The molecule has 1 aliphatic heterocycles. The van der Waals surface area contributed by atoms with E-state index in [1.807, 2.05) is 41.3 Å². The van der Waals surface area contributed by atoms with Crippen molar-refractivity contribution in [3.8, 4) is 0 Å². The van der Waals surface area contributed by atoms with Gasteiger partial charge in [0, 0.05) is 25.8 Å². The van der Waals surface area contributed by atoms with E-state index < -0.39 is 12.1 Å². The fraction of sp³-hybridized carbons (Fsp3) is 0.409. The van der Waals surface area contributed by atoms with E-state index in [1.165, 1.54) is 6.20 Å². The van der Waals surface area contributed by atoms with Gasteiger partial charge in [-0.3, -0.25) is 4.79 Å². The molecular weight excluding hydrogens is 372 g/mol. The molecule has 1 aromatic carbocycles. The molecule has 1 saturated heterocycles. The Labute approximate surface area is 169 Å². The van der Waals surface area contributed by atoms with Gasteiger partial charge in [0.1, 0.15) is 5.76 Å². The quantitative estimate of drug-likeness (QED) is 0.630. The number of hydrogen-bond donors (Lipinski definition) is 2. The molecule has 1 fully saturated rings. The van der Waals surface area contributed by atoms with Gasteiger partial charge in [-0.1, -0.05) is 42.5 Å². The zero-order chi connectivity index (χ0) is 20.6. The number of aromatic carboxylic acids is 1. The molecule has 0 radical (unpaired) electrons. The number of aromatic nitrogens is 1. The number of aryl methyl sites for hydroxylation is 1. The van der Waals surface area contributed by atoms with Gasteiger partial charge in [0.2, 0.25) is 5.91 Å². The third-order valence-electron chi connectivity index (χ3n) is 5.01. The Bertz CT molecular complexity index is 846. The molecule has 3 rings (SSSR count). The lowest BCUT2D eigenvalue weighted by Gasteiger charge is -2.34. The second kappa shape index (κ2) is 10.0. The Morgan fingerprint density at radius 1 is 1.34 bits per heavy atom. The van der Waals surface area contributed by atoms with Crippen molar-refractivity contribution in [3.63, 3.8) is 0 Å². The number of benzene rings is 1. The Hall–Kier alpha value is -2.93. The van der Waals surface area contributed by atoms with Crippen molar-refractivity contribution >= 4 is 11.9 Å². The molecule has 2 aromatic rings. The number of carbonyl (C=O) groups excluding carboxylic acids is 1. The van der Waals surface area contributed by atoms with Gasteiger partial charge >= 0.3 is 11.9 Å². The van der Waals surface area contributed by atoms with Gasteiger partial charge in [-0.15, -0.1) is 0 Å². The number of hydrogen-bond acceptors (Lipinski definition) is 5. The molecule has 0 spiro atoms. The number of oxazole rings is 1. The number of carbonyl (C=O) groups is 2. The molecule has 1 aliphatic rings. The molecular formula is C22H26N2O5. The summed E-state index contributed by atoms with van der Waals surface area (Å²) >= 11 is 0. The minimum absolute atomic E-state index is 0.0361. The van der Waals surface area contributed by atoms with Crippen LogP contribution in [0.15, 0.2) is 53.1 Å². The predicted molar refractivity (Wildman–Crippen MR) is 106 cm³/mol. The molecule has 154 valence electrons. The van der Waals surface area contributed by atoms with E-state index in [0.29, 0.717) is 38.0 Å². The number of likely N-dealkylation sites (tertiary alicyclic amines) is 1. The van der Waals surface area contributed by atoms with Crippen LogP contribution in [-0.4, -0.2) is 50.7 Å². The van der Waals surface area contributed by atoms with Crippen LogP contribution in [-0.2, 0) is 17.6 Å². The largest absolute Gasteiger partial charge is 0.474 e. The molecule has 1 aromatic heterocycles. The maximum atomic E-state index is 12.4. The van der Waals surface area contributed by atoms with Gasteiger partial charge < -0.3 is 19.5 Å². The summed E-state index contributed by atoms with van der Waals surface area (Å²) in [6, 6.07) is 9.76. The zero-order valence-electron chi connectivity index (χ0n) is 16.2. The molecule has 7 nitrogen and oxygen atoms in total. The summed E-state index contributed by atoms with van der Waals surface area (Å²) in [6.07, 6.45) is 8.46. The van der Waals surface area contributed by atoms with Crippen LogP contribution in [0, 0.1) is 0 Å². The first-order chi connectivity index (χ1) is 14.0. The predicted octanol–water partition coefficient (Wildman–Crippen LogP) is 2.85. The van der Waals surface area contributed by atoms with E-state index in [2.05, 4.69) is 4.98 Å². The van der Waals surface area contributed by atoms with Crippen LogP contribution in [0.5, 0.6) is 0 Å². The Morgan fingerprint density at radius 3 is 2.86 bits per heavy atom. The van der Waals surface area contributed by atoms with Crippen molar-refractivity contribution in [2.24, 2.45) is 0 Å². The molecule has 2 N–H and O–H groups in total. The Morgan fingerprint density at radius 2 is 2.14 bits per heavy atom. The lowest BCUT2D eigenvalue weighted by molar-refractivity contribution is -0.135. The maximum absolute atomic E-state index is 12.4. The van der Waals surface area contributed by atoms with Crippen LogP contribution in [0.3, 0.4) is 0 Å². The summed E-state index contributed by atoms with van der Waals surface area (Å²) in [6.45, 7) is 0.547. The Kier molecular flexibility index (Phi) is 7.19. The summed E-state index contributed by atoms with van der Waals surface area (Å²) in [4.78, 5) is 28.8. The standard InChI is InChI=1S/C22H26N2O5/c25-18(14-16-6-2-1-3-7-16)12-11-17-8-4-10-20(26)24(17)13-5-9-19-15-23-21(29-19)22(27)28/h1-3,6-7,11-12,15,17-18,25H,4-5,8-10,13-14H2,(H,27,28)/b12-11+/t17-,18-/m1/s1. The van der Waals surface area contributed by atoms with E-state index in [0.717, 1.165) is 18.4 Å². The average molecular weight is 398 g/mol. The van der Waals surface area contributed by atoms with Crippen LogP contribution in [0.1, 0.15) is 47.7 Å². The Balaban J connectivity index is 1.53.